The lowest BCUT2D eigenvalue weighted by Gasteiger charge is -2.41. The average molecular weight is 246 g/mol. The fourth-order valence-corrected chi connectivity index (χ4v) is 2.44. The zero-order valence-corrected chi connectivity index (χ0v) is 9.81. The van der Waals surface area contributed by atoms with Gasteiger partial charge in [-0.3, -0.25) is 10.1 Å². The molecule has 2 aliphatic rings. The topological polar surface area (TPSA) is 67.4 Å². The lowest BCUT2D eigenvalue weighted by Crippen LogP contribution is -2.59. The van der Waals surface area contributed by atoms with Crippen LogP contribution in [0.4, 0.5) is 4.79 Å². The molecular formula is C13H14N2O3. The summed E-state index contributed by atoms with van der Waals surface area (Å²) in [5, 5.41) is 4.92. The Balaban J connectivity index is 1.51. The summed E-state index contributed by atoms with van der Waals surface area (Å²) in [6.45, 7) is 0.539. The lowest BCUT2D eigenvalue weighted by atomic mass is 9.74. The molecule has 0 bridgehead atoms. The second-order valence-corrected chi connectivity index (χ2v) is 4.82. The van der Waals surface area contributed by atoms with Crippen molar-refractivity contribution in [2.45, 2.75) is 31.1 Å². The molecule has 5 heteroatoms. The Morgan fingerprint density at radius 3 is 2.56 bits per heavy atom. The highest BCUT2D eigenvalue weighted by atomic mass is 16.5. The van der Waals surface area contributed by atoms with Crippen molar-refractivity contribution in [1.29, 1.82) is 0 Å². The van der Waals surface area contributed by atoms with E-state index in [2.05, 4.69) is 10.6 Å². The summed E-state index contributed by atoms with van der Waals surface area (Å²) in [5.74, 6) is -0.230. The molecule has 1 saturated heterocycles. The van der Waals surface area contributed by atoms with Gasteiger partial charge in [-0.2, -0.15) is 0 Å². The van der Waals surface area contributed by atoms with Crippen LogP contribution in [0.1, 0.15) is 18.4 Å². The van der Waals surface area contributed by atoms with Crippen LogP contribution in [0, 0.1) is 0 Å². The summed E-state index contributed by atoms with van der Waals surface area (Å²) in [4.78, 5) is 22.6. The van der Waals surface area contributed by atoms with Crippen molar-refractivity contribution >= 4 is 11.9 Å². The predicted molar refractivity (Wildman–Crippen MR) is 63.7 cm³/mol. The number of amides is 3. The molecule has 3 amide bonds. The zero-order chi connectivity index (χ0) is 12.6. The number of imide groups is 1. The molecule has 1 heterocycles. The van der Waals surface area contributed by atoms with Crippen LogP contribution in [0.25, 0.3) is 0 Å². The Bertz CT molecular complexity index is 480. The minimum absolute atomic E-state index is 0.0364. The maximum absolute atomic E-state index is 11.6. The first-order chi connectivity index (χ1) is 8.68. The van der Waals surface area contributed by atoms with Gasteiger partial charge in [0.25, 0.3) is 5.91 Å². The molecule has 0 aromatic heterocycles. The fourth-order valence-electron chi connectivity index (χ4n) is 2.44. The molecule has 1 aliphatic heterocycles. The predicted octanol–water partition coefficient (Wildman–Crippen LogP) is 0.944. The largest absolute Gasteiger partial charge is 0.373 e. The standard InChI is InChI=1S/C13H14N2O3/c16-11-13(15-12(17)14-11)6-10(7-13)18-8-9-4-2-1-3-5-9/h1-5,10H,6-8H2,(H2,14,15,16,17)/t10-,13+. The van der Waals surface area contributed by atoms with E-state index < -0.39 is 11.6 Å². The minimum atomic E-state index is -0.710. The van der Waals surface area contributed by atoms with Crippen LogP contribution in [0.15, 0.2) is 30.3 Å². The molecule has 0 radical (unpaired) electrons. The number of urea groups is 1. The summed E-state index contributed by atoms with van der Waals surface area (Å²) in [6, 6.07) is 9.48. The Morgan fingerprint density at radius 2 is 1.94 bits per heavy atom. The molecule has 0 unspecified atom stereocenters. The van der Waals surface area contributed by atoms with Crippen LogP contribution in [-0.4, -0.2) is 23.6 Å². The van der Waals surface area contributed by atoms with Gasteiger partial charge in [0.1, 0.15) is 5.54 Å². The average Bonchev–Trinajstić information content (AvgIpc) is 2.62. The molecule has 1 spiro atoms. The van der Waals surface area contributed by atoms with Crippen LogP contribution in [0.2, 0.25) is 0 Å². The van der Waals surface area contributed by atoms with E-state index >= 15 is 0 Å². The molecule has 5 nitrogen and oxygen atoms in total. The molecular weight excluding hydrogens is 232 g/mol. The maximum atomic E-state index is 11.6. The Hall–Kier alpha value is -1.88. The molecule has 0 atom stereocenters. The highest BCUT2D eigenvalue weighted by Crippen LogP contribution is 2.37. The van der Waals surface area contributed by atoms with Crippen molar-refractivity contribution in [3.05, 3.63) is 35.9 Å². The van der Waals surface area contributed by atoms with Gasteiger partial charge in [0.05, 0.1) is 12.7 Å². The van der Waals surface area contributed by atoms with Gasteiger partial charge in [-0.15, -0.1) is 0 Å². The third-order valence-electron chi connectivity index (χ3n) is 3.50. The number of rotatable bonds is 3. The molecule has 2 fully saturated rings. The van der Waals surface area contributed by atoms with Gasteiger partial charge >= 0.3 is 6.03 Å². The van der Waals surface area contributed by atoms with Gasteiger partial charge in [0.15, 0.2) is 0 Å². The van der Waals surface area contributed by atoms with E-state index in [1.54, 1.807) is 0 Å². The molecule has 94 valence electrons. The summed E-state index contributed by atoms with van der Waals surface area (Å²) in [5.41, 5.74) is 0.400. The summed E-state index contributed by atoms with van der Waals surface area (Å²) in [7, 11) is 0. The Morgan fingerprint density at radius 1 is 1.22 bits per heavy atom. The number of carbonyl (C=O) groups is 2. The van der Waals surface area contributed by atoms with E-state index in [1.807, 2.05) is 30.3 Å². The van der Waals surface area contributed by atoms with E-state index in [1.165, 1.54) is 0 Å². The molecule has 2 N–H and O–H groups in total. The van der Waals surface area contributed by atoms with E-state index in [9.17, 15) is 9.59 Å². The van der Waals surface area contributed by atoms with E-state index in [-0.39, 0.29) is 12.0 Å². The van der Waals surface area contributed by atoms with Crippen LogP contribution < -0.4 is 10.6 Å². The molecule has 1 aliphatic carbocycles. The number of benzene rings is 1. The van der Waals surface area contributed by atoms with Gasteiger partial charge in [-0.1, -0.05) is 30.3 Å². The third kappa shape index (κ3) is 1.86. The van der Waals surface area contributed by atoms with Gasteiger partial charge in [-0.25, -0.2) is 4.79 Å². The number of carbonyl (C=O) groups excluding carboxylic acids is 2. The van der Waals surface area contributed by atoms with E-state index in [0.717, 1.165) is 5.56 Å². The van der Waals surface area contributed by atoms with Crippen molar-refractivity contribution in [2.75, 3.05) is 0 Å². The monoisotopic (exact) mass is 246 g/mol. The van der Waals surface area contributed by atoms with Crippen LogP contribution >= 0.6 is 0 Å². The third-order valence-corrected chi connectivity index (χ3v) is 3.50. The quantitative estimate of drug-likeness (QED) is 0.780. The van der Waals surface area contributed by atoms with Crippen molar-refractivity contribution in [2.24, 2.45) is 0 Å². The number of ether oxygens (including phenoxy) is 1. The molecule has 1 aromatic rings. The number of nitrogens with one attached hydrogen (secondary N) is 2. The van der Waals surface area contributed by atoms with Crippen molar-refractivity contribution in [3.8, 4) is 0 Å². The fraction of sp³-hybridized carbons (Fsp3) is 0.385. The minimum Gasteiger partial charge on any atom is -0.373 e. The molecule has 3 rings (SSSR count). The first kappa shape index (κ1) is 11.2. The van der Waals surface area contributed by atoms with Crippen molar-refractivity contribution in [3.63, 3.8) is 0 Å². The normalized spacial score (nSPS) is 29.9. The first-order valence-corrected chi connectivity index (χ1v) is 5.97. The molecule has 1 saturated carbocycles. The Kier molecular flexibility index (Phi) is 2.56. The SMILES string of the molecule is O=C1NC(=O)[C@]2(C[C@H](OCc3ccccc3)C2)N1. The highest BCUT2D eigenvalue weighted by Gasteiger charge is 2.55. The summed E-state index contributed by atoms with van der Waals surface area (Å²) in [6.07, 6.45) is 1.14. The maximum Gasteiger partial charge on any atom is 0.322 e. The Labute approximate surface area is 105 Å². The van der Waals surface area contributed by atoms with Gasteiger partial charge < -0.3 is 10.1 Å². The first-order valence-electron chi connectivity index (χ1n) is 5.97. The lowest BCUT2D eigenvalue weighted by molar-refractivity contribution is -0.135. The van der Waals surface area contributed by atoms with Crippen molar-refractivity contribution in [1.82, 2.24) is 10.6 Å². The van der Waals surface area contributed by atoms with E-state index in [4.69, 9.17) is 4.74 Å². The summed E-state index contributed by atoms with van der Waals surface area (Å²) < 4.78 is 5.70. The second kappa shape index (κ2) is 4.10. The van der Waals surface area contributed by atoms with Crippen LogP contribution in [0.5, 0.6) is 0 Å². The molecule has 18 heavy (non-hydrogen) atoms. The second-order valence-electron chi connectivity index (χ2n) is 4.82. The van der Waals surface area contributed by atoms with Gasteiger partial charge in [0.2, 0.25) is 0 Å². The van der Waals surface area contributed by atoms with Crippen molar-refractivity contribution < 1.29 is 14.3 Å². The smallest absolute Gasteiger partial charge is 0.322 e. The van der Waals surface area contributed by atoms with Gasteiger partial charge in [-0.05, 0) is 5.56 Å². The summed E-state index contributed by atoms with van der Waals surface area (Å²) >= 11 is 0. The molecule has 1 aromatic carbocycles. The number of hydrogen-bond acceptors (Lipinski definition) is 3. The van der Waals surface area contributed by atoms with Crippen LogP contribution in [-0.2, 0) is 16.1 Å². The number of hydrogen-bond donors (Lipinski definition) is 2. The van der Waals surface area contributed by atoms with Gasteiger partial charge in [0, 0.05) is 12.8 Å². The highest BCUT2D eigenvalue weighted by molar-refractivity contribution is 6.07. The zero-order valence-electron chi connectivity index (χ0n) is 9.81. The van der Waals surface area contributed by atoms with Crippen LogP contribution in [0.3, 0.4) is 0 Å². The van der Waals surface area contributed by atoms with E-state index in [0.29, 0.717) is 19.4 Å².